The summed E-state index contributed by atoms with van der Waals surface area (Å²) in [6, 6.07) is 8.64. The van der Waals surface area contributed by atoms with Crippen molar-refractivity contribution in [2.45, 2.75) is 33.8 Å². The molecule has 0 saturated heterocycles. The first kappa shape index (κ1) is 19.7. The quantitative estimate of drug-likeness (QED) is 0.610. The van der Waals surface area contributed by atoms with Crippen LogP contribution >= 0.6 is 11.6 Å². The third-order valence-corrected chi connectivity index (χ3v) is 3.86. The summed E-state index contributed by atoms with van der Waals surface area (Å²) in [5, 5.41) is 2.75. The molecule has 0 aliphatic rings. The Bertz CT molecular complexity index is 783. The van der Waals surface area contributed by atoms with E-state index in [4.69, 9.17) is 21.1 Å². The normalized spacial score (nSPS) is 11.6. The number of hydrogen-bond donors (Lipinski definition) is 1. The standard InChI is InChI=1S/C19H21ClN2O4/c1-5-25-15-8-6-14(7-9-15)22-18(23)13(4)26-19(24)16-11(2)10-12(3)21-17(16)20/h6-10,13H,5H2,1-4H3,(H,22,23)/t13-/m1/s1. The second-order valence-corrected chi connectivity index (χ2v) is 6.10. The maximum atomic E-state index is 12.3. The highest BCUT2D eigenvalue weighted by molar-refractivity contribution is 6.32. The summed E-state index contributed by atoms with van der Waals surface area (Å²) in [7, 11) is 0. The lowest BCUT2D eigenvalue weighted by Crippen LogP contribution is -2.30. The van der Waals surface area contributed by atoms with Crippen LogP contribution in [0, 0.1) is 13.8 Å². The Morgan fingerprint density at radius 1 is 1.23 bits per heavy atom. The van der Waals surface area contributed by atoms with Crippen LogP contribution in [0.1, 0.15) is 35.5 Å². The van der Waals surface area contributed by atoms with E-state index in [9.17, 15) is 9.59 Å². The van der Waals surface area contributed by atoms with Gasteiger partial charge in [-0.25, -0.2) is 9.78 Å². The zero-order valence-electron chi connectivity index (χ0n) is 15.1. The number of carbonyl (C=O) groups is 2. The third-order valence-electron chi connectivity index (χ3n) is 3.59. The van der Waals surface area contributed by atoms with E-state index in [-0.39, 0.29) is 10.7 Å². The Hall–Kier alpha value is -2.60. The highest BCUT2D eigenvalue weighted by Crippen LogP contribution is 2.21. The number of carbonyl (C=O) groups excluding carboxylic acids is 2. The van der Waals surface area contributed by atoms with Crippen LogP contribution in [0.15, 0.2) is 30.3 Å². The predicted molar refractivity (Wildman–Crippen MR) is 99.8 cm³/mol. The SMILES string of the molecule is CCOc1ccc(NC(=O)[C@@H](C)OC(=O)c2c(C)cc(C)nc2Cl)cc1. The highest BCUT2D eigenvalue weighted by atomic mass is 35.5. The van der Waals surface area contributed by atoms with E-state index in [1.165, 1.54) is 6.92 Å². The summed E-state index contributed by atoms with van der Waals surface area (Å²) < 4.78 is 10.6. The molecule has 1 atom stereocenters. The van der Waals surface area contributed by atoms with Gasteiger partial charge in [-0.15, -0.1) is 0 Å². The van der Waals surface area contributed by atoms with Gasteiger partial charge in [-0.2, -0.15) is 0 Å². The van der Waals surface area contributed by atoms with E-state index in [0.29, 0.717) is 29.3 Å². The molecule has 0 aliphatic carbocycles. The van der Waals surface area contributed by atoms with E-state index in [1.807, 2.05) is 6.92 Å². The molecule has 1 N–H and O–H groups in total. The molecule has 1 amide bonds. The van der Waals surface area contributed by atoms with Gasteiger partial charge >= 0.3 is 5.97 Å². The fourth-order valence-electron chi connectivity index (χ4n) is 2.35. The summed E-state index contributed by atoms with van der Waals surface area (Å²) in [4.78, 5) is 28.6. The maximum Gasteiger partial charge on any atom is 0.342 e. The van der Waals surface area contributed by atoms with Gasteiger partial charge in [-0.05, 0) is 63.6 Å². The Balaban J connectivity index is 2.01. The summed E-state index contributed by atoms with van der Waals surface area (Å²) in [5.74, 6) is -0.423. The minimum absolute atomic E-state index is 0.0617. The Morgan fingerprint density at radius 3 is 2.46 bits per heavy atom. The average Bonchev–Trinajstić information content (AvgIpc) is 2.55. The molecule has 2 rings (SSSR count). The lowest BCUT2D eigenvalue weighted by Gasteiger charge is -2.15. The fraction of sp³-hybridized carbons (Fsp3) is 0.316. The molecule has 1 heterocycles. The number of aryl methyl sites for hydroxylation is 2. The molecule has 26 heavy (non-hydrogen) atoms. The van der Waals surface area contributed by atoms with Gasteiger partial charge in [-0.3, -0.25) is 4.79 Å². The van der Waals surface area contributed by atoms with Crippen molar-refractivity contribution in [1.29, 1.82) is 0 Å². The van der Waals surface area contributed by atoms with E-state index >= 15 is 0 Å². The molecule has 1 aromatic heterocycles. The van der Waals surface area contributed by atoms with Gasteiger partial charge in [0.25, 0.3) is 5.91 Å². The first-order valence-corrected chi connectivity index (χ1v) is 8.58. The van der Waals surface area contributed by atoms with Gasteiger partial charge in [0.1, 0.15) is 10.9 Å². The van der Waals surface area contributed by atoms with Gasteiger partial charge in [0.15, 0.2) is 6.10 Å². The van der Waals surface area contributed by atoms with Crippen LogP contribution in [0.25, 0.3) is 0 Å². The number of ether oxygens (including phenoxy) is 2. The van der Waals surface area contributed by atoms with Crippen molar-refractivity contribution < 1.29 is 19.1 Å². The number of hydrogen-bond acceptors (Lipinski definition) is 5. The Labute approximate surface area is 157 Å². The topological polar surface area (TPSA) is 77.5 Å². The molecule has 0 aliphatic heterocycles. The summed E-state index contributed by atoms with van der Waals surface area (Å²) in [6.07, 6.45) is -0.995. The van der Waals surface area contributed by atoms with Crippen molar-refractivity contribution in [2.24, 2.45) is 0 Å². The molecular formula is C19H21ClN2O4. The Morgan fingerprint density at radius 2 is 1.88 bits per heavy atom. The van der Waals surface area contributed by atoms with Crippen LogP contribution in [-0.4, -0.2) is 29.6 Å². The molecule has 0 spiro atoms. The number of aromatic nitrogens is 1. The summed E-state index contributed by atoms with van der Waals surface area (Å²) >= 11 is 6.04. The van der Waals surface area contributed by atoms with E-state index < -0.39 is 18.0 Å². The second-order valence-electron chi connectivity index (χ2n) is 5.74. The summed E-state index contributed by atoms with van der Waals surface area (Å²) in [5.41, 5.74) is 2.09. The number of nitrogens with zero attached hydrogens (tertiary/aromatic N) is 1. The second kappa shape index (κ2) is 8.67. The highest BCUT2D eigenvalue weighted by Gasteiger charge is 2.23. The van der Waals surface area contributed by atoms with Crippen molar-refractivity contribution in [3.05, 3.63) is 52.3 Å². The van der Waals surface area contributed by atoms with Crippen LogP contribution in [0.5, 0.6) is 5.75 Å². The largest absolute Gasteiger partial charge is 0.494 e. The molecule has 0 unspecified atom stereocenters. The monoisotopic (exact) mass is 376 g/mol. The van der Waals surface area contributed by atoms with E-state index in [0.717, 1.165) is 0 Å². The maximum absolute atomic E-state index is 12.3. The minimum atomic E-state index is -0.995. The molecule has 138 valence electrons. The van der Waals surface area contributed by atoms with E-state index in [2.05, 4.69) is 10.3 Å². The van der Waals surface area contributed by atoms with Crippen molar-refractivity contribution in [1.82, 2.24) is 4.98 Å². The molecule has 2 aromatic rings. The lowest BCUT2D eigenvalue weighted by atomic mass is 10.1. The number of rotatable bonds is 6. The first-order chi connectivity index (χ1) is 12.3. The molecule has 0 bridgehead atoms. The molecule has 0 saturated carbocycles. The van der Waals surface area contributed by atoms with Crippen molar-refractivity contribution in [2.75, 3.05) is 11.9 Å². The molecule has 7 heteroatoms. The zero-order chi connectivity index (χ0) is 19.3. The van der Waals surface area contributed by atoms with Crippen LogP contribution in [0.3, 0.4) is 0 Å². The van der Waals surface area contributed by atoms with Gasteiger partial charge in [-0.1, -0.05) is 11.6 Å². The number of pyridine rings is 1. The van der Waals surface area contributed by atoms with Crippen molar-refractivity contribution >= 4 is 29.2 Å². The number of halogens is 1. The number of esters is 1. The van der Waals surface area contributed by atoms with Gasteiger partial charge in [0.05, 0.1) is 12.2 Å². The van der Waals surface area contributed by atoms with Gasteiger partial charge < -0.3 is 14.8 Å². The predicted octanol–water partition coefficient (Wildman–Crippen LogP) is 3.93. The third kappa shape index (κ3) is 4.95. The smallest absolute Gasteiger partial charge is 0.342 e. The van der Waals surface area contributed by atoms with Crippen LogP contribution in [0.4, 0.5) is 5.69 Å². The number of benzene rings is 1. The van der Waals surface area contributed by atoms with Crippen molar-refractivity contribution in [3.8, 4) is 5.75 Å². The molecule has 0 fully saturated rings. The average molecular weight is 377 g/mol. The molecule has 1 aromatic carbocycles. The Kier molecular flexibility index (Phi) is 6.58. The lowest BCUT2D eigenvalue weighted by molar-refractivity contribution is -0.123. The zero-order valence-corrected chi connectivity index (χ0v) is 15.9. The van der Waals surface area contributed by atoms with Crippen molar-refractivity contribution in [3.63, 3.8) is 0 Å². The van der Waals surface area contributed by atoms with Crippen LogP contribution in [0.2, 0.25) is 5.15 Å². The van der Waals surface area contributed by atoms with Gasteiger partial charge in [0, 0.05) is 11.4 Å². The molecule has 0 radical (unpaired) electrons. The van der Waals surface area contributed by atoms with Gasteiger partial charge in [0.2, 0.25) is 0 Å². The van der Waals surface area contributed by atoms with Crippen LogP contribution < -0.4 is 10.1 Å². The summed E-state index contributed by atoms with van der Waals surface area (Å²) in [6.45, 7) is 7.47. The first-order valence-electron chi connectivity index (χ1n) is 8.20. The minimum Gasteiger partial charge on any atom is -0.494 e. The molecular weight excluding hydrogens is 356 g/mol. The van der Waals surface area contributed by atoms with E-state index in [1.54, 1.807) is 44.2 Å². The number of amides is 1. The fourth-order valence-corrected chi connectivity index (χ4v) is 2.71. The van der Waals surface area contributed by atoms with Crippen LogP contribution in [-0.2, 0) is 9.53 Å². The molecule has 6 nitrogen and oxygen atoms in total. The number of nitrogens with one attached hydrogen (secondary N) is 1. The number of anilines is 1.